The number of thiazole rings is 1. The first-order valence-electron chi connectivity index (χ1n) is 7.34. The third kappa shape index (κ3) is 2.26. The van der Waals surface area contributed by atoms with Crippen LogP contribution < -0.4 is 10.6 Å². The normalized spacial score (nSPS) is 27.6. The molecule has 0 amide bonds. The fourth-order valence-corrected chi connectivity index (χ4v) is 3.81. The van der Waals surface area contributed by atoms with E-state index in [0.717, 1.165) is 35.0 Å². The van der Waals surface area contributed by atoms with Gasteiger partial charge in [0.15, 0.2) is 10.7 Å². The van der Waals surface area contributed by atoms with Crippen LogP contribution in [-0.4, -0.2) is 41.2 Å². The predicted molar refractivity (Wildman–Crippen MR) is 88.3 cm³/mol. The molecule has 0 bridgehead atoms. The first-order chi connectivity index (χ1) is 10.8. The lowest BCUT2D eigenvalue weighted by Gasteiger charge is -2.38. The maximum absolute atomic E-state index is 6.14. The second-order valence-corrected chi connectivity index (χ2v) is 6.55. The Bertz CT molecular complexity index is 709. The first-order valence-corrected chi connectivity index (χ1v) is 8.16. The van der Waals surface area contributed by atoms with Gasteiger partial charge in [-0.3, -0.25) is 5.32 Å². The van der Waals surface area contributed by atoms with Crippen LogP contribution in [0.3, 0.4) is 0 Å². The Hall–Kier alpha value is -1.99. The zero-order valence-electron chi connectivity index (χ0n) is 12.1. The maximum Gasteiger partial charge on any atom is 0.291 e. The molecule has 22 heavy (non-hydrogen) atoms. The van der Waals surface area contributed by atoms with Crippen LogP contribution in [0, 0.1) is 5.92 Å². The molecule has 114 valence electrons. The van der Waals surface area contributed by atoms with E-state index in [9.17, 15) is 0 Å². The highest BCUT2D eigenvalue weighted by atomic mass is 32.1. The summed E-state index contributed by atoms with van der Waals surface area (Å²) in [5, 5.41) is 7.32. The smallest absolute Gasteiger partial charge is 0.291 e. The molecule has 2 aromatic rings. The highest BCUT2D eigenvalue weighted by Gasteiger charge is 2.45. The minimum atomic E-state index is -0.308. The minimum absolute atomic E-state index is 0.308. The Labute approximate surface area is 132 Å². The molecular weight excluding hydrogens is 298 g/mol. The number of anilines is 1. The van der Waals surface area contributed by atoms with Crippen molar-refractivity contribution in [1.82, 2.24) is 15.3 Å². The fraction of sp³-hybridized carbons (Fsp3) is 0.400. The van der Waals surface area contributed by atoms with Gasteiger partial charge < -0.3 is 10.1 Å². The Balaban J connectivity index is 1.51. The van der Waals surface area contributed by atoms with Crippen molar-refractivity contribution in [3.05, 3.63) is 31.0 Å². The van der Waals surface area contributed by atoms with Crippen LogP contribution in [0.25, 0.3) is 10.3 Å². The molecule has 0 radical (unpaired) electrons. The number of aromatic nitrogens is 2. The molecule has 0 aromatic carbocycles. The Morgan fingerprint density at radius 2 is 2.50 bits per heavy atom. The third-order valence-corrected chi connectivity index (χ3v) is 5.08. The highest BCUT2D eigenvalue weighted by Crippen LogP contribution is 2.33. The number of hydrogen-bond donors (Lipinski definition) is 2. The lowest BCUT2D eigenvalue weighted by Crippen LogP contribution is -2.54. The number of rotatable bonds is 2. The van der Waals surface area contributed by atoms with Crippen molar-refractivity contribution >= 4 is 32.8 Å². The number of nitrogens with one attached hydrogen (secondary N) is 2. The Kier molecular flexibility index (Phi) is 3.31. The zero-order chi connectivity index (χ0) is 15.0. The molecule has 6 nitrogen and oxygen atoms in total. The quantitative estimate of drug-likeness (QED) is 0.830. The van der Waals surface area contributed by atoms with Crippen LogP contribution >= 0.6 is 11.3 Å². The molecule has 2 atom stereocenters. The Morgan fingerprint density at radius 1 is 1.55 bits per heavy atom. The van der Waals surface area contributed by atoms with Crippen LogP contribution in [-0.2, 0) is 4.74 Å². The number of piperidine rings is 1. The molecular formula is C15H17N5OS. The lowest BCUT2D eigenvalue weighted by molar-refractivity contribution is 0.0234. The number of aliphatic imine (C=N–C) groups is 1. The van der Waals surface area contributed by atoms with E-state index in [0.29, 0.717) is 18.5 Å². The van der Waals surface area contributed by atoms with Crippen molar-refractivity contribution in [2.45, 2.75) is 12.0 Å². The second kappa shape index (κ2) is 5.33. The minimum Gasteiger partial charge on any atom is -0.454 e. The topological polar surface area (TPSA) is 71.4 Å². The van der Waals surface area contributed by atoms with E-state index >= 15 is 0 Å². The van der Waals surface area contributed by atoms with E-state index in [4.69, 9.17) is 4.74 Å². The number of hydrogen-bond acceptors (Lipinski definition) is 7. The number of amidine groups is 1. The van der Waals surface area contributed by atoms with Crippen molar-refractivity contribution in [2.24, 2.45) is 10.9 Å². The predicted octanol–water partition coefficient (Wildman–Crippen LogP) is 2.02. The van der Waals surface area contributed by atoms with Gasteiger partial charge in [0, 0.05) is 18.7 Å². The van der Waals surface area contributed by atoms with E-state index in [1.54, 1.807) is 6.20 Å². The van der Waals surface area contributed by atoms with Crippen LogP contribution in [0.5, 0.6) is 0 Å². The molecule has 1 saturated heterocycles. The van der Waals surface area contributed by atoms with E-state index in [1.165, 1.54) is 11.3 Å². The SMILES string of the molecule is C=C[C@H]1CCNC[C@@]12CN=C(Nc1nc3cccnc3s1)O2. The van der Waals surface area contributed by atoms with Gasteiger partial charge in [-0.15, -0.1) is 6.58 Å². The number of nitrogens with zero attached hydrogens (tertiary/aromatic N) is 3. The summed E-state index contributed by atoms with van der Waals surface area (Å²) in [6.07, 6.45) is 4.78. The third-order valence-electron chi connectivity index (χ3n) is 4.19. The molecule has 2 aromatic heterocycles. The summed E-state index contributed by atoms with van der Waals surface area (Å²) in [5.41, 5.74) is 0.573. The summed E-state index contributed by atoms with van der Waals surface area (Å²) < 4.78 is 6.14. The number of fused-ring (bicyclic) bond motifs is 1. The summed E-state index contributed by atoms with van der Waals surface area (Å²) in [4.78, 5) is 14.2. The molecule has 0 saturated carbocycles. The summed E-state index contributed by atoms with van der Waals surface area (Å²) in [6.45, 7) is 6.37. The second-order valence-electron chi connectivity index (χ2n) is 5.57. The highest BCUT2D eigenvalue weighted by molar-refractivity contribution is 7.21. The Morgan fingerprint density at radius 3 is 3.36 bits per heavy atom. The van der Waals surface area contributed by atoms with Crippen LogP contribution in [0.4, 0.5) is 5.13 Å². The van der Waals surface area contributed by atoms with Gasteiger partial charge in [0.1, 0.15) is 10.3 Å². The monoisotopic (exact) mass is 315 g/mol. The van der Waals surface area contributed by atoms with Crippen LogP contribution in [0.15, 0.2) is 36.0 Å². The molecule has 7 heteroatoms. The summed E-state index contributed by atoms with van der Waals surface area (Å²) in [5.74, 6) is 0.314. The first kappa shape index (κ1) is 13.7. The van der Waals surface area contributed by atoms with Gasteiger partial charge in [-0.05, 0) is 25.1 Å². The molecule has 1 fully saturated rings. The van der Waals surface area contributed by atoms with Crippen molar-refractivity contribution < 1.29 is 4.74 Å². The molecule has 4 rings (SSSR count). The summed E-state index contributed by atoms with van der Waals surface area (Å²) in [6, 6.07) is 4.36. The van der Waals surface area contributed by atoms with E-state index in [-0.39, 0.29) is 5.60 Å². The summed E-state index contributed by atoms with van der Waals surface area (Å²) >= 11 is 1.50. The van der Waals surface area contributed by atoms with Crippen LogP contribution in [0.2, 0.25) is 0 Å². The fourth-order valence-electron chi connectivity index (χ4n) is 3.01. The maximum atomic E-state index is 6.14. The number of pyridine rings is 1. The van der Waals surface area contributed by atoms with Gasteiger partial charge in [-0.25, -0.2) is 15.0 Å². The zero-order valence-corrected chi connectivity index (χ0v) is 12.9. The number of ether oxygens (including phenoxy) is 1. The van der Waals surface area contributed by atoms with E-state index in [2.05, 4.69) is 32.2 Å². The van der Waals surface area contributed by atoms with Crippen molar-refractivity contribution in [2.75, 3.05) is 25.0 Å². The average molecular weight is 315 g/mol. The van der Waals surface area contributed by atoms with E-state index in [1.807, 2.05) is 18.2 Å². The van der Waals surface area contributed by atoms with Crippen LogP contribution in [0.1, 0.15) is 6.42 Å². The largest absolute Gasteiger partial charge is 0.454 e. The van der Waals surface area contributed by atoms with Crippen molar-refractivity contribution in [3.8, 4) is 0 Å². The van der Waals surface area contributed by atoms with Crippen molar-refractivity contribution in [1.29, 1.82) is 0 Å². The van der Waals surface area contributed by atoms with Crippen molar-refractivity contribution in [3.63, 3.8) is 0 Å². The average Bonchev–Trinajstić information content (AvgIpc) is 3.12. The molecule has 2 N–H and O–H groups in total. The molecule has 2 aliphatic heterocycles. The molecule has 0 aliphatic carbocycles. The van der Waals surface area contributed by atoms with Gasteiger partial charge in [-0.2, -0.15) is 0 Å². The van der Waals surface area contributed by atoms with Gasteiger partial charge in [0.2, 0.25) is 0 Å². The molecule has 2 aliphatic rings. The molecule has 0 unspecified atom stereocenters. The van der Waals surface area contributed by atoms with Gasteiger partial charge >= 0.3 is 0 Å². The molecule has 4 heterocycles. The van der Waals surface area contributed by atoms with Gasteiger partial charge in [0.05, 0.1) is 6.54 Å². The van der Waals surface area contributed by atoms with Gasteiger partial charge in [-0.1, -0.05) is 17.4 Å². The van der Waals surface area contributed by atoms with Gasteiger partial charge in [0.25, 0.3) is 6.02 Å². The van der Waals surface area contributed by atoms with E-state index < -0.39 is 0 Å². The molecule has 1 spiro atoms. The lowest BCUT2D eigenvalue weighted by atomic mass is 9.82. The summed E-state index contributed by atoms with van der Waals surface area (Å²) in [7, 11) is 0. The standard InChI is InChI=1S/C15H17N5OS/c1-2-10-5-7-16-8-15(10)9-18-13(21-15)20-14-19-11-4-3-6-17-12(11)22-14/h2-4,6,10,16H,1,5,7-9H2,(H,18,19,20)/t10-,15+/m0/s1.